The topological polar surface area (TPSA) is 68.8 Å². The third-order valence-corrected chi connectivity index (χ3v) is 4.72. The van der Waals surface area contributed by atoms with Gasteiger partial charge in [-0.15, -0.1) is 24.0 Å². The van der Waals surface area contributed by atoms with E-state index in [1.807, 2.05) is 0 Å². The van der Waals surface area contributed by atoms with E-state index in [-0.39, 0.29) is 35.8 Å². The van der Waals surface area contributed by atoms with Crippen molar-refractivity contribution < 1.29 is 4.79 Å². The van der Waals surface area contributed by atoms with Crippen molar-refractivity contribution in [3.63, 3.8) is 0 Å². The molecule has 1 fully saturated rings. The zero-order valence-corrected chi connectivity index (χ0v) is 19.8. The summed E-state index contributed by atoms with van der Waals surface area (Å²) in [4.78, 5) is 18.7. The predicted molar refractivity (Wildman–Crippen MR) is 127 cm³/mol. The largest absolute Gasteiger partial charge is 0.357 e. The van der Waals surface area contributed by atoms with E-state index in [9.17, 15) is 4.79 Å². The van der Waals surface area contributed by atoms with Crippen LogP contribution in [-0.2, 0) is 17.9 Å². The van der Waals surface area contributed by atoms with Crippen LogP contribution >= 0.6 is 24.0 Å². The zero-order valence-electron chi connectivity index (χ0n) is 17.5. The molecule has 1 saturated carbocycles. The minimum absolute atomic E-state index is 0. The summed E-state index contributed by atoms with van der Waals surface area (Å²) in [6, 6.07) is 8.64. The first-order valence-corrected chi connectivity index (χ1v) is 10.3. The number of guanidine groups is 1. The maximum atomic E-state index is 11.7. The van der Waals surface area contributed by atoms with E-state index >= 15 is 0 Å². The van der Waals surface area contributed by atoms with Crippen LogP contribution in [0.2, 0.25) is 0 Å². The summed E-state index contributed by atoms with van der Waals surface area (Å²) in [6.45, 7) is 12.3. The van der Waals surface area contributed by atoms with Gasteiger partial charge >= 0.3 is 0 Å². The molecule has 2 rings (SSSR count). The number of aliphatic imine (C=N–C) groups is 1. The molecule has 6 nitrogen and oxygen atoms in total. The smallest absolute Gasteiger partial charge is 0.223 e. The van der Waals surface area contributed by atoms with E-state index in [0.717, 1.165) is 45.0 Å². The molecule has 3 N–H and O–H groups in total. The fourth-order valence-electron chi connectivity index (χ4n) is 2.90. The summed E-state index contributed by atoms with van der Waals surface area (Å²) >= 11 is 0. The third kappa shape index (κ3) is 9.23. The molecule has 7 heteroatoms. The molecule has 1 aromatic rings. The zero-order chi connectivity index (χ0) is 19.5. The number of nitrogens with zero attached hydrogens (tertiary/aromatic N) is 2. The Morgan fingerprint density at radius 2 is 1.75 bits per heavy atom. The number of hydrogen-bond acceptors (Lipinski definition) is 3. The van der Waals surface area contributed by atoms with Gasteiger partial charge in [-0.2, -0.15) is 0 Å². The molecule has 1 aliphatic carbocycles. The molecule has 0 saturated heterocycles. The van der Waals surface area contributed by atoms with Crippen molar-refractivity contribution in [2.45, 2.75) is 46.7 Å². The number of rotatable bonds is 11. The second kappa shape index (κ2) is 13.8. The van der Waals surface area contributed by atoms with Crippen molar-refractivity contribution >= 4 is 35.8 Å². The monoisotopic (exact) mass is 501 g/mol. The van der Waals surface area contributed by atoms with Gasteiger partial charge in [-0.25, -0.2) is 4.99 Å². The molecule has 0 spiro atoms. The minimum Gasteiger partial charge on any atom is -0.357 e. The molecular weight excluding hydrogens is 465 g/mol. The van der Waals surface area contributed by atoms with Crippen LogP contribution in [0.1, 0.15) is 44.7 Å². The lowest BCUT2D eigenvalue weighted by Crippen LogP contribution is -2.41. The molecular formula is C21H36IN5O. The molecule has 0 unspecified atom stereocenters. The Balaban J connectivity index is 0.00000392. The molecule has 0 aliphatic heterocycles. The highest BCUT2D eigenvalue weighted by molar-refractivity contribution is 14.0. The number of halogens is 1. The number of amides is 1. The average Bonchev–Trinajstić information content (AvgIpc) is 3.53. The molecule has 0 atom stereocenters. The van der Waals surface area contributed by atoms with Gasteiger partial charge in [-0.1, -0.05) is 38.1 Å². The lowest BCUT2D eigenvalue weighted by molar-refractivity contribution is -0.122. The van der Waals surface area contributed by atoms with Crippen LogP contribution in [0.25, 0.3) is 0 Å². The maximum Gasteiger partial charge on any atom is 0.223 e. The van der Waals surface area contributed by atoms with E-state index < -0.39 is 0 Å². The van der Waals surface area contributed by atoms with Crippen LogP contribution in [0.3, 0.4) is 0 Å². The number of carbonyl (C=O) groups excluding carboxylic acids is 1. The van der Waals surface area contributed by atoms with Gasteiger partial charge in [-0.3, -0.25) is 9.69 Å². The van der Waals surface area contributed by atoms with Crippen molar-refractivity contribution in [2.75, 3.05) is 32.7 Å². The second-order valence-electron chi connectivity index (χ2n) is 6.97. The predicted octanol–water partition coefficient (Wildman–Crippen LogP) is 2.73. The van der Waals surface area contributed by atoms with E-state index in [0.29, 0.717) is 19.6 Å². The standard InChI is InChI=1S/C21H35N5O.HI/c1-4-22-21(24-13-12-23-20(27)19-10-11-19)25-15-17-8-7-9-18(14-17)16-26(5-2)6-3;/h7-9,14,19H,4-6,10-13,15-16H2,1-3H3,(H,23,27)(H2,22,24,25);1H. The Morgan fingerprint density at radius 1 is 1.07 bits per heavy atom. The highest BCUT2D eigenvalue weighted by Crippen LogP contribution is 2.28. The van der Waals surface area contributed by atoms with Gasteiger partial charge in [0.2, 0.25) is 5.91 Å². The molecule has 0 bridgehead atoms. The number of hydrogen-bond donors (Lipinski definition) is 3. The van der Waals surface area contributed by atoms with Crippen LogP contribution in [0.4, 0.5) is 0 Å². The minimum atomic E-state index is 0. The summed E-state index contributed by atoms with van der Waals surface area (Å²) in [5.74, 6) is 1.23. The Morgan fingerprint density at radius 3 is 2.39 bits per heavy atom. The molecule has 0 aromatic heterocycles. The van der Waals surface area contributed by atoms with Crippen molar-refractivity contribution in [1.29, 1.82) is 0 Å². The van der Waals surface area contributed by atoms with Gasteiger partial charge in [0.15, 0.2) is 5.96 Å². The fourth-order valence-corrected chi connectivity index (χ4v) is 2.90. The summed E-state index contributed by atoms with van der Waals surface area (Å²) < 4.78 is 0. The van der Waals surface area contributed by atoms with Gasteiger partial charge < -0.3 is 16.0 Å². The SMILES string of the molecule is CCNC(=NCc1cccc(CN(CC)CC)c1)NCCNC(=O)C1CC1.I. The van der Waals surface area contributed by atoms with Crippen molar-refractivity contribution in [2.24, 2.45) is 10.9 Å². The lowest BCUT2D eigenvalue weighted by atomic mass is 10.1. The van der Waals surface area contributed by atoms with Gasteiger partial charge in [0.1, 0.15) is 0 Å². The number of benzene rings is 1. The van der Waals surface area contributed by atoms with Crippen LogP contribution in [-0.4, -0.2) is 49.5 Å². The maximum absolute atomic E-state index is 11.7. The van der Waals surface area contributed by atoms with Crippen LogP contribution in [0, 0.1) is 5.92 Å². The molecule has 0 heterocycles. The Bertz CT molecular complexity index is 615. The highest BCUT2D eigenvalue weighted by Gasteiger charge is 2.28. The molecule has 158 valence electrons. The molecule has 1 aliphatic rings. The summed E-state index contributed by atoms with van der Waals surface area (Å²) in [5.41, 5.74) is 2.53. The molecule has 0 radical (unpaired) electrons. The second-order valence-corrected chi connectivity index (χ2v) is 6.97. The number of carbonyl (C=O) groups is 1. The molecule has 28 heavy (non-hydrogen) atoms. The van der Waals surface area contributed by atoms with Crippen LogP contribution < -0.4 is 16.0 Å². The van der Waals surface area contributed by atoms with E-state index in [2.05, 4.69) is 70.9 Å². The first-order valence-electron chi connectivity index (χ1n) is 10.3. The van der Waals surface area contributed by atoms with Crippen LogP contribution in [0.5, 0.6) is 0 Å². The number of nitrogens with one attached hydrogen (secondary N) is 3. The summed E-state index contributed by atoms with van der Waals surface area (Å²) in [7, 11) is 0. The average molecular weight is 501 g/mol. The summed E-state index contributed by atoms with van der Waals surface area (Å²) in [6.07, 6.45) is 2.08. The Hall–Kier alpha value is -1.35. The van der Waals surface area contributed by atoms with Gasteiger partial charge in [-0.05, 0) is 44.0 Å². The lowest BCUT2D eigenvalue weighted by Gasteiger charge is -2.18. The van der Waals surface area contributed by atoms with Crippen molar-refractivity contribution in [1.82, 2.24) is 20.9 Å². The molecule has 1 aromatic carbocycles. The fraction of sp³-hybridized carbons (Fsp3) is 0.619. The Labute approximate surface area is 187 Å². The van der Waals surface area contributed by atoms with Gasteiger partial charge in [0.05, 0.1) is 6.54 Å². The van der Waals surface area contributed by atoms with E-state index in [1.165, 1.54) is 11.1 Å². The third-order valence-electron chi connectivity index (χ3n) is 4.72. The van der Waals surface area contributed by atoms with Gasteiger partial charge in [0.25, 0.3) is 0 Å². The van der Waals surface area contributed by atoms with Gasteiger partial charge in [0, 0.05) is 32.1 Å². The normalized spacial score (nSPS) is 13.8. The van der Waals surface area contributed by atoms with Crippen molar-refractivity contribution in [3.05, 3.63) is 35.4 Å². The first kappa shape index (κ1) is 24.7. The van der Waals surface area contributed by atoms with E-state index in [4.69, 9.17) is 0 Å². The highest BCUT2D eigenvalue weighted by atomic mass is 127. The van der Waals surface area contributed by atoms with Crippen LogP contribution in [0.15, 0.2) is 29.3 Å². The quantitative estimate of drug-likeness (QED) is 0.189. The summed E-state index contributed by atoms with van der Waals surface area (Å²) in [5, 5.41) is 9.51. The van der Waals surface area contributed by atoms with E-state index in [1.54, 1.807) is 0 Å². The van der Waals surface area contributed by atoms with Crippen molar-refractivity contribution in [3.8, 4) is 0 Å². The molecule has 1 amide bonds. The first-order chi connectivity index (χ1) is 13.2. The Kier molecular flexibility index (Phi) is 12.1.